The summed E-state index contributed by atoms with van der Waals surface area (Å²) in [6.07, 6.45) is -8.92. The van der Waals surface area contributed by atoms with Crippen LogP contribution in [-0.2, 0) is 16.8 Å². The third-order valence-electron chi connectivity index (χ3n) is 4.82. The van der Waals surface area contributed by atoms with Crippen LogP contribution in [0, 0.1) is 5.92 Å². The third-order valence-corrected chi connectivity index (χ3v) is 4.82. The average Bonchev–Trinajstić information content (AvgIpc) is 2.59. The maximum Gasteiger partial charge on any atom is 0.460 e. The number of halogens is 11. The largest absolute Gasteiger partial charge is 0.460 e. The van der Waals surface area contributed by atoms with Crippen molar-refractivity contribution in [1.29, 1.82) is 0 Å². The van der Waals surface area contributed by atoms with Gasteiger partial charge in [0.15, 0.2) is 0 Å². The summed E-state index contributed by atoms with van der Waals surface area (Å²) in [6, 6.07) is 5.26. The van der Waals surface area contributed by atoms with Crippen LogP contribution in [0.2, 0.25) is 0 Å². The van der Waals surface area contributed by atoms with Crippen LogP contribution in [0.5, 0.6) is 0 Å². The second kappa shape index (κ2) is 8.40. The van der Waals surface area contributed by atoms with Gasteiger partial charge in [0.05, 0.1) is 12.0 Å². The van der Waals surface area contributed by atoms with Gasteiger partial charge in [-0.25, -0.2) is 0 Å². The molecule has 1 aromatic carbocycles. The van der Waals surface area contributed by atoms with Crippen molar-refractivity contribution < 1.29 is 53.0 Å². The van der Waals surface area contributed by atoms with Crippen LogP contribution in [-0.4, -0.2) is 37.0 Å². The van der Waals surface area contributed by atoms with E-state index in [1.165, 1.54) is 24.3 Å². The molecule has 180 valence electrons. The van der Waals surface area contributed by atoms with Gasteiger partial charge < -0.3 is 4.74 Å². The fourth-order valence-corrected chi connectivity index (χ4v) is 2.90. The Bertz CT molecular complexity index is 738. The van der Waals surface area contributed by atoms with Crippen molar-refractivity contribution in [3.63, 3.8) is 0 Å². The predicted molar refractivity (Wildman–Crippen MR) is 89.8 cm³/mol. The summed E-state index contributed by atoms with van der Waals surface area (Å²) in [4.78, 5) is 0. The Morgan fingerprint density at radius 1 is 0.742 bits per heavy atom. The molecule has 0 aromatic heterocycles. The van der Waals surface area contributed by atoms with Gasteiger partial charge in [-0.3, -0.25) is 0 Å². The molecular formula is C19H21F11O. The molecule has 0 fully saturated rings. The third kappa shape index (κ3) is 4.93. The zero-order valence-electron chi connectivity index (χ0n) is 16.9. The first kappa shape index (κ1) is 27.4. The number of benzene rings is 1. The van der Waals surface area contributed by atoms with Gasteiger partial charge in [0.2, 0.25) is 0 Å². The Balaban J connectivity index is 3.35. The minimum atomic E-state index is -7.43. The number of rotatable bonds is 9. The monoisotopic (exact) mass is 474 g/mol. The molecule has 0 amide bonds. The van der Waals surface area contributed by atoms with E-state index in [1.54, 1.807) is 0 Å². The predicted octanol–water partition coefficient (Wildman–Crippen LogP) is 7.24. The molecule has 1 unspecified atom stereocenters. The van der Waals surface area contributed by atoms with E-state index in [9.17, 15) is 48.3 Å². The van der Waals surface area contributed by atoms with Crippen LogP contribution < -0.4 is 0 Å². The molecule has 12 heteroatoms. The lowest BCUT2D eigenvalue weighted by atomic mass is 9.84. The highest BCUT2D eigenvalue weighted by Crippen LogP contribution is 2.59. The number of hydrogen-bond donors (Lipinski definition) is 0. The normalized spacial score (nSPS) is 16.5. The van der Waals surface area contributed by atoms with Crippen LogP contribution in [0.15, 0.2) is 24.3 Å². The molecule has 0 aliphatic rings. The molecule has 0 bridgehead atoms. The molecular weight excluding hydrogens is 453 g/mol. The molecule has 1 aromatic rings. The van der Waals surface area contributed by atoms with Gasteiger partial charge in [0, 0.05) is 7.11 Å². The maximum absolute atomic E-state index is 14.2. The van der Waals surface area contributed by atoms with Crippen LogP contribution in [0.3, 0.4) is 0 Å². The Hall–Kier alpha value is -1.59. The molecule has 31 heavy (non-hydrogen) atoms. The fourth-order valence-electron chi connectivity index (χ4n) is 2.90. The van der Waals surface area contributed by atoms with Crippen molar-refractivity contribution >= 4 is 0 Å². The lowest BCUT2D eigenvalue weighted by molar-refractivity contribution is -0.424. The molecule has 0 N–H and O–H groups in total. The number of methoxy groups -OCH3 is 1. The van der Waals surface area contributed by atoms with Gasteiger partial charge >= 0.3 is 29.9 Å². The van der Waals surface area contributed by atoms with Crippen molar-refractivity contribution in [3.8, 4) is 0 Å². The van der Waals surface area contributed by atoms with E-state index in [0.29, 0.717) is 6.42 Å². The topological polar surface area (TPSA) is 9.23 Å². The molecule has 0 heterocycles. The SMILES string of the molecule is COC(C)(CC(F)(F)C(F)(F)C(F)(F)C(F)(F)C(F)(F)F)c1ccc(CC(C)C)cc1. The lowest BCUT2D eigenvalue weighted by Crippen LogP contribution is -2.67. The Labute approximate surface area is 171 Å². The lowest BCUT2D eigenvalue weighted by Gasteiger charge is -2.40. The molecule has 1 atom stereocenters. The first-order valence-electron chi connectivity index (χ1n) is 8.89. The average molecular weight is 474 g/mol. The molecule has 0 aliphatic carbocycles. The Morgan fingerprint density at radius 3 is 1.55 bits per heavy atom. The standard InChI is InChI=1S/C19H21F11O/c1-11(2)9-12-5-7-13(8-6-12)14(3,31-4)10-15(20,21)16(22,23)17(24,25)18(26,27)19(28,29)30/h5-8,11H,9-10H2,1-4H3. The summed E-state index contributed by atoms with van der Waals surface area (Å²) in [6.45, 7) is 4.56. The molecule has 0 aliphatic heterocycles. The number of ether oxygens (including phenoxy) is 1. The molecule has 1 rings (SSSR count). The summed E-state index contributed by atoms with van der Waals surface area (Å²) in [7, 11) is 0.777. The first-order valence-corrected chi connectivity index (χ1v) is 8.89. The summed E-state index contributed by atoms with van der Waals surface area (Å²) in [5, 5.41) is 0. The molecule has 1 nitrogen and oxygen atoms in total. The van der Waals surface area contributed by atoms with Gasteiger partial charge in [-0.05, 0) is 30.4 Å². The van der Waals surface area contributed by atoms with Crippen molar-refractivity contribution in [2.24, 2.45) is 5.92 Å². The van der Waals surface area contributed by atoms with Crippen molar-refractivity contribution in [2.45, 2.75) is 69.1 Å². The zero-order valence-corrected chi connectivity index (χ0v) is 16.9. The second-order valence-corrected chi connectivity index (χ2v) is 7.83. The quantitative estimate of drug-likeness (QED) is 0.343. The Kier molecular flexibility index (Phi) is 7.44. The van der Waals surface area contributed by atoms with Crippen LogP contribution in [0.4, 0.5) is 48.3 Å². The zero-order chi connectivity index (χ0) is 24.7. The number of alkyl halides is 11. The minimum absolute atomic E-state index is 0.191. The van der Waals surface area contributed by atoms with Crippen LogP contribution in [0.1, 0.15) is 38.3 Å². The molecule has 0 saturated carbocycles. The van der Waals surface area contributed by atoms with Gasteiger partial charge in [0.25, 0.3) is 0 Å². The van der Waals surface area contributed by atoms with E-state index >= 15 is 0 Å². The summed E-state index contributed by atoms with van der Waals surface area (Å²) in [5.41, 5.74) is -1.87. The van der Waals surface area contributed by atoms with Crippen molar-refractivity contribution in [2.75, 3.05) is 7.11 Å². The second-order valence-electron chi connectivity index (χ2n) is 7.83. The van der Waals surface area contributed by atoms with E-state index in [1.807, 2.05) is 13.8 Å². The van der Waals surface area contributed by atoms with E-state index in [0.717, 1.165) is 19.6 Å². The summed E-state index contributed by atoms with van der Waals surface area (Å²) >= 11 is 0. The van der Waals surface area contributed by atoms with E-state index in [2.05, 4.69) is 0 Å². The van der Waals surface area contributed by atoms with Crippen molar-refractivity contribution in [1.82, 2.24) is 0 Å². The highest BCUT2D eigenvalue weighted by Gasteiger charge is 2.87. The van der Waals surface area contributed by atoms with Gasteiger partial charge in [-0.1, -0.05) is 38.1 Å². The molecule has 0 saturated heterocycles. The smallest absolute Gasteiger partial charge is 0.374 e. The molecule has 0 radical (unpaired) electrons. The van der Waals surface area contributed by atoms with Crippen molar-refractivity contribution in [3.05, 3.63) is 35.4 Å². The van der Waals surface area contributed by atoms with Crippen LogP contribution >= 0.6 is 0 Å². The Morgan fingerprint density at radius 2 is 1.19 bits per heavy atom. The van der Waals surface area contributed by atoms with Crippen LogP contribution in [0.25, 0.3) is 0 Å². The van der Waals surface area contributed by atoms with E-state index in [4.69, 9.17) is 4.74 Å². The summed E-state index contributed by atoms with van der Waals surface area (Å²) < 4.78 is 151. The van der Waals surface area contributed by atoms with E-state index < -0.39 is 41.9 Å². The maximum atomic E-state index is 14.2. The minimum Gasteiger partial charge on any atom is -0.374 e. The fraction of sp³-hybridized carbons (Fsp3) is 0.684. The van der Waals surface area contributed by atoms with Gasteiger partial charge in [-0.2, -0.15) is 48.3 Å². The van der Waals surface area contributed by atoms with E-state index in [-0.39, 0.29) is 11.5 Å². The van der Waals surface area contributed by atoms with Gasteiger partial charge in [0.1, 0.15) is 0 Å². The van der Waals surface area contributed by atoms with Gasteiger partial charge in [-0.15, -0.1) is 0 Å². The highest BCUT2D eigenvalue weighted by molar-refractivity contribution is 5.28. The summed E-state index contributed by atoms with van der Waals surface area (Å²) in [5.74, 6) is -27.7. The molecule has 0 spiro atoms. The number of hydrogen-bond acceptors (Lipinski definition) is 1. The first-order chi connectivity index (χ1) is 13.7. The highest BCUT2D eigenvalue weighted by atomic mass is 19.4.